The third-order valence-electron chi connectivity index (χ3n) is 4.54. The number of nitrogens with one attached hydrogen (secondary N) is 2. The highest BCUT2D eigenvalue weighted by Crippen LogP contribution is 2.39. The Balaban J connectivity index is 0.00000280. The average molecular weight is 494 g/mol. The number of guanidine groups is 1. The van der Waals surface area contributed by atoms with Crippen LogP contribution in [-0.2, 0) is 6.54 Å². The lowest BCUT2D eigenvalue weighted by molar-refractivity contribution is 0.0694. The monoisotopic (exact) mass is 494 g/mol. The van der Waals surface area contributed by atoms with Crippen molar-refractivity contribution < 1.29 is 9.13 Å². The molecule has 5 nitrogen and oxygen atoms in total. The second-order valence-electron chi connectivity index (χ2n) is 7.14. The summed E-state index contributed by atoms with van der Waals surface area (Å²) in [4.78, 5) is 4.26. The van der Waals surface area contributed by atoms with E-state index in [-0.39, 0.29) is 42.2 Å². The van der Waals surface area contributed by atoms with Crippen LogP contribution in [0.5, 0.6) is 5.75 Å². The first-order valence-electron chi connectivity index (χ1n) is 8.85. The number of ether oxygens (including phenoxy) is 1. The van der Waals surface area contributed by atoms with Gasteiger partial charge >= 0.3 is 0 Å². The predicted molar refractivity (Wildman–Crippen MR) is 118 cm³/mol. The highest BCUT2D eigenvalue weighted by molar-refractivity contribution is 14.0. The Morgan fingerprint density at radius 2 is 2.07 bits per heavy atom. The zero-order valence-electron chi connectivity index (χ0n) is 16.1. The molecule has 2 aromatic carbocycles. The van der Waals surface area contributed by atoms with Crippen molar-refractivity contribution in [1.29, 1.82) is 5.26 Å². The summed E-state index contributed by atoms with van der Waals surface area (Å²) in [7, 11) is 1.68. The minimum atomic E-state index is -0.408. The van der Waals surface area contributed by atoms with Gasteiger partial charge in [-0.1, -0.05) is 24.3 Å². The quantitative estimate of drug-likeness (QED) is 0.380. The lowest BCUT2D eigenvalue weighted by Crippen LogP contribution is -2.45. The molecule has 1 aliphatic heterocycles. The SMILES string of the molecule is CN=C(NCc1ccc(C#N)cc1F)NC1CC(C)(C)Oc2ccccc21.I. The van der Waals surface area contributed by atoms with Crippen LogP contribution in [0.4, 0.5) is 4.39 Å². The van der Waals surface area contributed by atoms with Crippen LogP contribution in [0.1, 0.15) is 43.0 Å². The molecular weight excluding hydrogens is 470 g/mol. The van der Waals surface area contributed by atoms with Crippen LogP contribution >= 0.6 is 24.0 Å². The van der Waals surface area contributed by atoms with Crippen LogP contribution in [0.25, 0.3) is 0 Å². The van der Waals surface area contributed by atoms with E-state index in [9.17, 15) is 4.39 Å². The van der Waals surface area contributed by atoms with Crippen molar-refractivity contribution in [3.05, 3.63) is 65.0 Å². The van der Waals surface area contributed by atoms with Crippen LogP contribution < -0.4 is 15.4 Å². The Kier molecular flexibility index (Phi) is 7.24. The molecule has 0 saturated heterocycles. The topological polar surface area (TPSA) is 69.4 Å². The van der Waals surface area contributed by atoms with E-state index < -0.39 is 5.82 Å². The maximum Gasteiger partial charge on any atom is 0.191 e. The molecular formula is C21H24FIN4O. The molecule has 28 heavy (non-hydrogen) atoms. The summed E-state index contributed by atoms with van der Waals surface area (Å²) < 4.78 is 20.1. The molecule has 0 fully saturated rings. The standard InChI is InChI=1S/C21H23FN4O.HI/c1-21(2)11-18(16-6-4-5-7-19(16)27-21)26-20(24-3)25-13-15-9-8-14(12-23)10-17(15)22;/h4-10,18H,11,13H2,1-3H3,(H2,24,25,26);1H. The molecule has 0 aliphatic carbocycles. The van der Waals surface area contributed by atoms with E-state index in [4.69, 9.17) is 10.00 Å². The molecule has 0 bridgehead atoms. The normalized spacial score (nSPS) is 17.4. The Morgan fingerprint density at radius 3 is 2.75 bits per heavy atom. The molecule has 1 heterocycles. The summed E-state index contributed by atoms with van der Waals surface area (Å²) in [6, 6.07) is 14.4. The number of hydrogen-bond acceptors (Lipinski definition) is 3. The minimum Gasteiger partial charge on any atom is -0.487 e. The lowest BCUT2D eigenvalue weighted by atomic mass is 9.90. The van der Waals surface area contributed by atoms with Crippen molar-refractivity contribution >= 4 is 29.9 Å². The Labute approximate surface area is 182 Å². The third-order valence-corrected chi connectivity index (χ3v) is 4.54. The van der Waals surface area contributed by atoms with Crippen molar-refractivity contribution in [3.8, 4) is 11.8 Å². The molecule has 1 unspecified atom stereocenters. The molecule has 0 saturated carbocycles. The summed E-state index contributed by atoms with van der Waals surface area (Å²) >= 11 is 0. The summed E-state index contributed by atoms with van der Waals surface area (Å²) in [5, 5.41) is 15.4. The van der Waals surface area contributed by atoms with E-state index in [1.165, 1.54) is 6.07 Å². The number of rotatable bonds is 3. The number of halogens is 2. The molecule has 2 N–H and O–H groups in total. The molecule has 1 aliphatic rings. The molecule has 3 rings (SSSR count). The zero-order chi connectivity index (χ0) is 19.4. The van der Waals surface area contributed by atoms with Gasteiger partial charge in [0, 0.05) is 31.1 Å². The number of nitriles is 1. The Hall–Kier alpha value is -2.34. The molecule has 1 atom stereocenters. The van der Waals surface area contributed by atoms with Gasteiger partial charge in [0.1, 0.15) is 17.2 Å². The van der Waals surface area contributed by atoms with E-state index in [2.05, 4.69) is 29.5 Å². The third kappa shape index (κ3) is 5.13. The molecule has 0 spiro atoms. The van der Waals surface area contributed by atoms with Crippen LogP contribution in [-0.4, -0.2) is 18.6 Å². The van der Waals surface area contributed by atoms with Crippen LogP contribution in [0.15, 0.2) is 47.5 Å². The fourth-order valence-electron chi connectivity index (χ4n) is 3.23. The Morgan fingerprint density at radius 1 is 1.32 bits per heavy atom. The molecule has 148 valence electrons. The van der Waals surface area contributed by atoms with E-state index in [1.807, 2.05) is 30.3 Å². The molecule has 0 radical (unpaired) electrons. The highest BCUT2D eigenvalue weighted by atomic mass is 127. The molecule has 2 aromatic rings. The average Bonchev–Trinajstić information content (AvgIpc) is 2.64. The Bertz CT molecular complexity index is 908. The van der Waals surface area contributed by atoms with E-state index in [0.717, 1.165) is 17.7 Å². The highest BCUT2D eigenvalue weighted by Gasteiger charge is 2.33. The van der Waals surface area contributed by atoms with Crippen molar-refractivity contribution in [2.75, 3.05) is 7.05 Å². The largest absolute Gasteiger partial charge is 0.487 e. The first-order chi connectivity index (χ1) is 12.9. The second kappa shape index (κ2) is 9.24. The van der Waals surface area contributed by atoms with Gasteiger partial charge < -0.3 is 15.4 Å². The van der Waals surface area contributed by atoms with Gasteiger partial charge in [-0.15, -0.1) is 24.0 Å². The number of benzene rings is 2. The second-order valence-corrected chi connectivity index (χ2v) is 7.14. The van der Waals surface area contributed by atoms with Gasteiger partial charge in [0.15, 0.2) is 5.96 Å². The van der Waals surface area contributed by atoms with Crippen molar-refractivity contribution in [1.82, 2.24) is 10.6 Å². The van der Waals surface area contributed by atoms with Crippen LogP contribution in [0.3, 0.4) is 0 Å². The number of fused-ring (bicyclic) bond motifs is 1. The van der Waals surface area contributed by atoms with Gasteiger partial charge in [-0.05, 0) is 32.0 Å². The van der Waals surface area contributed by atoms with Crippen molar-refractivity contribution in [3.63, 3.8) is 0 Å². The first kappa shape index (κ1) is 22.0. The number of aliphatic imine (C=N–C) groups is 1. The number of hydrogen-bond donors (Lipinski definition) is 2. The van der Waals surface area contributed by atoms with Gasteiger partial charge in [0.25, 0.3) is 0 Å². The molecule has 7 heteroatoms. The smallest absolute Gasteiger partial charge is 0.191 e. The van der Waals surface area contributed by atoms with Gasteiger partial charge in [-0.25, -0.2) is 4.39 Å². The zero-order valence-corrected chi connectivity index (χ0v) is 18.5. The van der Waals surface area contributed by atoms with Crippen molar-refractivity contribution in [2.24, 2.45) is 4.99 Å². The summed E-state index contributed by atoms with van der Waals surface area (Å²) in [6.07, 6.45) is 0.774. The summed E-state index contributed by atoms with van der Waals surface area (Å²) in [6.45, 7) is 4.38. The summed E-state index contributed by atoms with van der Waals surface area (Å²) in [5.74, 6) is 1.03. The first-order valence-corrected chi connectivity index (χ1v) is 8.85. The fraction of sp³-hybridized carbons (Fsp3) is 0.333. The van der Waals surface area contributed by atoms with Crippen LogP contribution in [0, 0.1) is 17.1 Å². The van der Waals surface area contributed by atoms with E-state index >= 15 is 0 Å². The minimum absolute atomic E-state index is 0. The van der Waals surface area contributed by atoms with Gasteiger partial charge in [-0.3, -0.25) is 4.99 Å². The molecule has 0 amide bonds. The summed E-state index contributed by atoms with van der Waals surface area (Å²) in [5.41, 5.74) is 1.55. The molecule has 0 aromatic heterocycles. The maximum atomic E-state index is 14.1. The number of para-hydroxylation sites is 1. The van der Waals surface area contributed by atoms with Gasteiger partial charge in [0.05, 0.1) is 17.7 Å². The van der Waals surface area contributed by atoms with Gasteiger partial charge in [0.2, 0.25) is 0 Å². The maximum absolute atomic E-state index is 14.1. The van der Waals surface area contributed by atoms with E-state index in [0.29, 0.717) is 17.1 Å². The fourth-order valence-corrected chi connectivity index (χ4v) is 3.23. The van der Waals surface area contributed by atoms with Gasteiger partial charge in [-0.2, -0.15) is 5.26 Å². The van der Waals surface area contributed by atoms with Crippen molar-refractivity contribution in [2.45, 2.75) is 38.5 Å². The van der Waals surface area contributed by atoms with Crippen LogP contribution in [0.2, 0.25) is 0 Å². The predicted octanol–water partition coefficient (Wildman–Crippen LogP) is 4.28. The van der Waals surface area contributed by atoms with E-state index in [1.54, 1.807) is 19.2 Å². The lowest BCUT2D eigenvalue weighted by Gasteiger charge is -2.38. The number of nitrogens with zero attached hydrogens (tertiary/aromatic N) is 2.